The van der Waals surface area contributed by atoms with Gasteiger partial charge >= 0.3 is 24.7 Å². The van der Waals surface area contributed by atoms with Gasteiger partial charge in [-0.3, -0.25) is 0 Å². The van der Waals surface area contributed by atoms with Crippen LogP contribution in [0.15, 0.2) is 170 Å². The third kappa shape index (κ3) is 6.79. The Bertz CT molecular complexity index is 4230. The zero-order chi connectivity index (χ0) is 51.4. The molecule has 0 bridgehead atoms. The molecule has 0 amide bonds. The minimum Gasteiger partial charge on any atom is -0.308 e. The number of fused-ring (bicyclic) bond motifs is 14. The first-order valence-corrected chi connectivity index (χ1v) is 24.3. The smallest absolute Gasteiger partial charge is 0.308 e. The van der Waals surface area contributed by atoms with Gasteiger partial charge in [-0.1, -0.05) is 109 Å². The Morgan fingerprint density at radius 3 is 1.08 bits per heavy atom. The molecule has 16 heteroatoms. The molecule has 0 atom stereocenters. The maximum Gasteiger partial charge on any atom is 0.420 e. The summed E-state index contributed by atoms with van der Waals surface area (Å²) in [6.45, 7) is 0. The van der Waals surface area contributed by atoms with E-state index in [0.29, 0.717) is 66.0 Å². The van der Waals surface area contributed by atoms with Crippen molar-refractivity contribution in [2.75, 3.05) is 0 Å². The van der Waals surface area contributed by atoms with Gasteiger partial charge in [0.2, 0.25) is 0 Å². The predicted molar refractivity (Wildman–Crippen MR) is 272 cm³/mol. The van der Waals surface area contributed by atoms with E-state index in [1.807, 2.05) is 48.5 Å². The van der Waals surface area contributed by atoms with E-state index >= 15 is 26.3 Å². The molecule has 0 N–H and O–H groups in total. The molecule has 0 saturated carbocycles. The summed E-state index contributed by atoms with van der Waals surface area (Å²) in [7, 11) is 0. The van der Waals surface area contributed by atoms with Crippen LogP contribution in [0.25, 0.3) is 118 Å². The van der Waals surface area contributed by atoms with Gasteiger partial charge in [0.1, 0.15) is 5.56 Å². The van der Waals surface area contributed by atoms with Crippen LogP contribution in [-0.4, -0.2) is 9.13 Å². The Kier molecular flexibility index (Phi) is 9.85. The van der Waals surface area contributed by atoms with Crippen LogP contribution in [0.1, 0.15) is 22.3 Å². The second-order valence-corrected chi connectivity index (χ2v) is 20.0. The molecular weight excluding hydrogens is 1020 g/mol. The molecule has 13 rings (SSSR count). The van der Waals surface area contributed by atoms with Crippen molar-refractivity contribution in [2.45, 2.75) is 24.7 Å². The average Bonchev–Trinajstić information content (AvgIpc) is 4.13. The first kappa shape index (κ1) is 46.0. The predicted octanol–water partition coefficient (Wildman–Crippen LogP) is 20.0. The molecular formula is C58H28F12N2S2. The van der Waals surface area contributed by atoms with Crippen molar-refractivity contribution < 1.29 is 52.7 Å². The van der Waals surface area contributed by atoms with Gasteiger partial charge in [-0.2, -0.15) is 52.7 Å². The SMILES string of the molecule is FC(F)(F)c1cccc(-c2c(-n3c4ccccc4c4c5sc6ccccc6c5ccc43)c(C(F)(F)F)c(-n3c4ccccc4c4c5sc6ccccc6c5ccc43)c(-c3cccc(C(F)(F)F)c3)c2C(F)(F)F)c1. The summed E-state index contributed by atoms with van der Waals surface area (Å²) in [5.74, 6) is 0. The lowest BCUT2D eigenvalue weighted by molar-refractivity contribution is -0.140. The Morgan fingerprint density at radius 1 is 0.311 bits per heavy atom. The van der Waals surface area contributed by atoms with Crippen LogP contribution in [0, 0.1) is 0 Å². The topological polar surface area (TPSA) is 9.86 Å². The zero-order valence-corrected chi connectivity index (χ0v) is 39.0. The highest BCUT2D eigenvalue weighted by Gasteiger charge is 2.49. The quantitative estimate of drug-likeness (QED) is 0.156. The highest BCUT2D eigenvalue weighted by atomic mass is 32.1. The van der Waals surface area contributed by atoms with Crippen molar-refractivity contribution in [1.29, 1.82) is 0 Å². The molecule has 2 nitrogen and oxygen atoms in total. The minimum atomic E-state index is -5.78. The van der Waals surface area contributed by atoms with Crippen LogP contribution in [0.2, 0.25) is 0 Å². The van der Waals surface area contributed by atoms with Crippen molar-refractivity contribution in [3.8, 4) is 33.6 Å². The second kappa shape index (κ2) is 15.8. The fourth-order valence-electron chi connectivity index (χ4n) is 10.9. The molecule has 9 aromatic carbocycles. The van der Waals surface area contributed by atoms with Crippen molar-refractivity contribution in [3.63, 3.8) is 0 Å². The second-order valence-electron chi connectivity index (χ2n) is 17.9. The number of hydrogen-bond donors (Lipinski definition) is 0. The first-order valence-electron chi connectivity index (χ1n) is 22.7. The number of aromatic nitrogens is 2. The van der Waals surface area contributed by atoms with E-state index in [1.54, 1.807) is 36.4 Å². The van der Waals surface area contributed by atoms with Crippen molar-refractivity contribution in [1.82, 2.24) is 9.13 Å². The number of benzene rings is 9. The number of para-hydroxylation sites is 2. The Morgan fingerprint density at radius 2 is 0.689 bits per heavy atom. The summed E-state index contributed by atoms with van der Waals surface area (Å²) < 4.78 is 198. The number of rotatable bonds is 4. The van der Waals surface area contributed by atoms with E-state index < -0.39 is 80.6 Å². The van der Waals surface area contributed by atoms with Gasteiger partial charge in [0, 0.05) is 73.0 Å². The zero-order valence-electron chi connectivity index (χ0n) is 37.4. The Balaban J connectivity index is 1.35. The van der Waals surface area contributed by atoms with Gasteiger partial charge in [-0.15, -0.1) is 22.7 Å². The number of nitrogens with zero attached hydrogens (tertiary/aromatic N) is 2. The molecule has 0 aliphatic heterocycles. The van der Waals surface area contributed by atoms with E-state index in [4.69, 9.17) is 0 Å². The number of thiophene rings is 2. The summed E-state index contributed by atoms with van der Waals surface area (Å²) >= 11 is 2.62. The van der Waals surface area contributed by atoms with Gasteiger partial charge < -0.3 is 9.13 Å². The van der Waals surface area contributed by atoms with Crippen LogP contribution in [0.4, 0.5) is 52.7 Å². The maximum absolute atomic E-state index is 17.6. The lowest BCUT2D eigenvalue weighted by atomic mass is 9.84. The van der Waals surface area contributed by atoms with E-state index in [1.165, 1.54) is 59.1 Å². The third-order valence-electron chi connectivity index (χ3n) is 13.8. The lowest BCUT2D eigenvalue weighted by Crippen LogP contribution is -2.23. The molecule has 0 saturated heterocycles. The average molecular weight is 1040 g/mol. The van der Waals surface area contributed by atoms with E-state index in [-0.39, 0.29) is 22.1 Å². The molecule has 0 fully saturated rings. The van der Waals surface area contributed by atoms with Gasteiger partial charge in [-0.05, 0) is 71.8 Å². The van der Waals surface area contributed by atoms with E-state index in [9.17, 15) is 26.3 Å². The molecule has 0 aliphatic rings. The monoisotopic (exact) mass is 1040 g/mol. The molecule has 4 heterocycles. The summed E-state index contributed by atoms with van der Waals surface area (Å²) in [4.78, 5) is 0. The largest absolute Gasteiger partial charge is 0.420 e. The van der Waals surface area contributed by atoms with Crippen LogP contribution >= 0.6 is 22.7 Å². The van der Waals surface area contributed by atoms with Gasteiger partial charge in [0.05, 0.1) is 50.1 Å². The summed E-state index contributed by atoms with van der Waals surface area (Å²) in [6.07, 6.45) is -21.9. The number of alkyl halides is 12. The Hall–Kier alpha value is -7.82. The number of hydrogen-bond acceptors (Lipinski definition) is 2. The molecule has 13 aromatic rings. The highest BCUT2D eigenvalue weighted by Crippen LogP contribution is 2.58. The van der Waals surface area contributed by atoms with Crippen molar-refractivity contribution >= 4 is 107 Å². The van der Waals surface area contributed by atoms with Crippen molar-refractivity contribution in [3.05, 3.63) is 192 Å². The highest BCUT2D eigenvalue weighted by molar-refractivity contribution is 7.27. The van der Waals surface area contributed by atoms with Crippen molar-refractivity contribution in [2.24, 2.45) is 0 Å². The molecule has 0 unspecified atom stereocenters. The van der Waals surface area contributed by atoms with Crippen LogP contribution in [-0.2, 0) is 24.7 Å². The number of halogens is 12. The maximum atomic E-state index is 17.6. The Labute approximate surface area is 417 Å². The van der Waals surface area contributed by atoms with Gasteiger partial charge in [-0.25, -0.2) is 0 Å². The first-order chi connectivity index (χ1) is 35.3. The molecule has 4 aromatic heterocycles. The fraction of sp³-hybridized carbons (Fsp3) is 0.0690. The standard InChI is InChI=1S/C58H28F12N2S2/c59-55(60,61)31-13-9-11-29(27-31)45-49(57(65,66)67)46(30-12-10-14-32(28-30)56(62,63)64)52(72-40-20-6-2-18-38(40)48-42(72)26-24-36-34-16-4-8-22-44(34)74-54(36)48)50(58(68,69)70)51(45)71-39-19-5-1-17-37(39)47-41(71)25-23-35-33-15-3-7-21-43(33)73-53(35)47/h1-28H. The van der Waals surface area contributed by atoms with Crippen LogP contribution in [0.3, 0.4) is 0 Å². The molecule has 0 spiro atoms. The van der Waals surface area contributed by atoms with Gasteiger partial charge in [0.15, 0.2) is 0 Å². The molecule has 0 aliphatic carbocycles. The van der Waals surface area contributed by atoms with E-state index in [2.05, 4.69) is 0 Å². The van der Waals surface area contributed by atoms with E-state index in [0.717, 1.165) is 53.6 Å². The molecule has 0 radical (unpaired) electrons. The molecule has 366 valence electrons. The minimum absolute atomic E-state index is 0.0101. The van der Waals surface area contributed by atoms with Crippen LogP contribution < -0.4 is 0 Å². The summed E-state index contributed by atoms with van der Waals surface area (Å²) in [5.41, 5.74) is -13.5. The summed E-state index contributed by atoms with van der Waals surface area (Å²) in [5, 5.41) is 4.38. The van der Waals surface area contributed by atoms with Crippen LogP contribution in [0.5, 0.6) is 0 Å². The molecule has 74 heavy (non-hydrogen) atoms. The third-order valence-corrected chi connectivity index (χ3v) is 16.2. The summed E-state index contributed by atoms with van der Waals surface area (Å²) in [6, 6.07) is 38.4. The lowest BCUT2D eigenvalue weighted by Gasteiger charge is -2.31. The normalized spacial score (nSPS) is 13.1. The van der Waals surface area contributed by atoms with Gasteiger partial charge in [0.25, 0.3) is 0 Å². The fourth-order valence-corrected chi connectivity index (χ4v) is 13.5.